The maximum atomic E-state index is 12.5. The van der Waals surface area contributed by atoms with Crippen molar-refractivity contribution in [1.29, 1.82) is 0 Å². The summed E-state index contributed by atoms with van der Waals surface area (Å²) in [6.07, 6.45) is 0.136. The van der Waals surface area contributed by atoms with Crippen LogP contribution >= 0.6 is 11.6 Å². The van der Waals surface area contributed by atoms with Gasteiger partial charge in [-0.25, -0.2) is 0 Å². The molecular weight excluding hydrogens is 354 g/mol. The number of rotatable bonds is 4. The Labute approximate surface area is 156 Å². The highest BCUT2D eigenvalue weighted by molar-refractivity contribution is 6.30. The second kappa shape index (κ2) is 7.58. The molecule has 0 unspecified atom stereocenters. The van der Waals surface area contributed by atoms with Crippen LogP contribution in [0.25, 0.3) is 0 Å². The molecule has 2 N–H and O–H groups in total. The zero-order valence-electron chi connectivity index (χ0n) is 14.2. The molecular formula is C19H18ClN3O3. The third-order valence-corrected chi connectivity index (χ3v) is 4.30. The minimum atomic E-state index is -0.453. The van der Waals surface area contributed by atoms with Crippen LogP contribution in [0.4, 0.5) is 17.1 Å². The van der Waals surface area contributed by atoms with E-state index in [-0.39, 0.29) is 30.7 Å². The Hall–Kier alpha value is -2.86. The van der Waals surface area contributed by atoms with Crippen molar-refractivity contribution in [2.45, 2.75) is 13.3 Å². The second-order valence-corrected chi connectivity index (χ2v) is 6.57. The number of halogens is 1. The number of anilines is 3. The smallest absolute Gasteiger partial charge is 0.229 e. The van der Waals surface area contributed by atoms with Gasteiger partial charge < -0.3 is 15.5 Å². The van der Waals surface area contributed by atoms with Crippen LogP contribution in [-0.4, -0.2) is 24.3 Å². The molecule has 1 aliphatic heterocycles. The zero-order valence-corrected chi connectivity index (χ0v) is 14.9. The van der Waals surface area contributed by atoms with E-state index < -0.39 is 5.92 Å². The van der Waals surface area contributed by atoms with E-state index in [9.17, 15) is 14.4 Å². The van der Waals surface area contributed by atoms with Gasteiger partial charge in [0.1, 0.15) is 0 Å². The van der Waals surface area contributed by atoms with Crippen LogP contribution in [0, 0.1) is 5.92 Å². The molecule has 7 heteroatoms. The maximum Gasteiger partial charge on any atom is 0.229 e. The van der Waals surface area contributed by atoms with E-state index in [0.717, 1.165) is 0 Å². The molecule has 1 heterocycles. The number of benzene rings is 2. The Bertz CT molecular complexity index is 869. The first-order valence-electron chi connectivity index (χ1n) is 8.17. The lowest BCUT2D eigenvalue weighted by Gasteiger charge is -2.18. The van der Waals surface area contributed by atoms with Gasteiger partial charge in [0.05, 0.1) is 5.92 Å². The Morgan fingerprint density at radius 2 is 1.77 bits per heavy atom. The molecule has 0 bridgehead atoms. The first-order chi connectivity index (χ1) is 12.4. The molecule has 0 radical (unpaired) electrons. The molecule has 2 aromatic rings. The van der Waals surface area contributed by atoms with E-state index in [2.05, 4.69) is 10.6 Å². The number of carbonyl (C=O) groups is 3. The number of amides is 3. The predicted octanol–water partition coefficient (Wildman–Crippen LogP) is 3.29. The maximum absolute atomic E-state index is 12.5. The summed E-state index contributed by atoms with van der Waals surface area (Å²) in [5, 5.41) is 6.01. The van der Waals surface area contributed by atoms with Gasteiger partial charge in [-0.15, -0.1) is 0 Å². The van der Waals surface area contributed by atoms with Crippen LogP contribution in [-0.2, 0) is 14.4 Å². The summed E-state index contributed by atoms with van der Waals surface area (Å²) in [7, 11) is 0. The minimum absolute atomic E-state index is 0.129. The molecule has 1 saturated heterocycles. The van der Waals surface area contributed by atoms with Crippen molar-refractivity contribution in [1.82, 2.24) is 0 Å². The van der Waals surface area contributed by atoms with Crippen molar-refractivity contribution in [3.05, 3.63) is 53.6 Å². The van der Waals surface area contributed by atoms with Gasteiger partial charge in [-0.3, -0.25) is 14.4 Å². The van der Waals surface area contributed by atoms with Crippen LogP contribution in [0.1, 0.15) is 13.3 Å². The van der Waals surface area contributed by atoms with Crippen LogP contribution in [0.5, 0.6) is 0 Å². The molecule has 3 rings (SSSR count). The van der Waals surface area contributed by atoms with Crippen LogP contribution in [0.2, 0.25) is 5.02 Å². The Kier molecular flexibility index (Phi) is 5.23. The van der Waals surface area contributed by atoms with Gasteiger partial charge in [0.15, 0.2) is 0 Å². The molecule has 3 amide bonds. The van der Waals surface area contributed by atoms with E-state index >= 15 is 0 Å². The van der Waals surface area contributed by atoms with E-state index in [1.807, 2.05) is 0 Å². The lowest BCUT2D eigenvalue weighted by molar-refractivity contribution is -0.122. The van der Waals surface area contributed by atoms with E-state index in [1.165, 1.54) is 6.92 Å². The molecule has 0 spiro atoms. The standard InChI is InChI=1S/C19H18ClN3O3/c1-12(24)21-16-6-3-7-17(10-16)23-11-13(8-18(23)25)19(26)22-15-5-2-4-14(20)9-15/h2-7,9-10,13H,8,11H2,1H3,(H,21,24)(H,22,26)/t13-/m0/s1. The van der Waals surface area contributed by atoms with E-state index in [4.69, 9.17) is 11.6 Å². The van der Waals surface area contributed by atoms with Crippen LogP contribution < -0.4 is 15.5 Å². The van der Waals surface area contributed by atoms with Crippen molar-refractivity contribution in [3.8, 4) is 0 Å². The summed E-state index contributed by atoms with van der Waals surface area (Å²) in [5.41, 5.74) is 1.86. The van der Waals surface area contributed by atoms with E-state index in [0.29, 0.717) is 22.1 Å². The number of carbonyl (C=O) groups excluding carboxylic acids is 3. The fourth-order valence-corrected chi connectivity index (χ4v) is 3.09. The number of hydrogen-bond donors (Lipinski definition) is 2. The lowest BCUT2D eigenvalue weighted by atomic mass is 10.1. The Balaban J connectivity index is 1.70. The summed E-state index contributed by atoms with van der Waals surface area (Å²) >= 11 is 5.92. The summed E-state index contributed by atoms with van der Waals surface area (Å²) in [5.74, 6) is -0.989. The number of hydrogen-bond acceptors (Lipinski definition) is 3. The number of nitrogens with zero attached hydrogens (tertiary/aromatic N) is 1. The van der Waals surface area contributed by atoms with Gasteiger partial charge in [-0.05, 0) is 36.4 Å². The van der Waals surface area contributed by atoms with E-state index in [1.54, 1.807) is 53.4 Å². The molecule has 1 atom stereocenters. The van der Waals surface area contributed by atoms with Crippen LogP contribution in [0.3, 0.4) is 0 Å². The first-order valence-corrected chi connectivity index (χ1v) is 8.54. The van der Waals surface area contributed by atoms with Crippen molar-refractivity contribution in [2.75, 3.05) is 22.1 Å². The zero-order chi connectivity index (χ0) is 18.7. The first kappa shape index (κ1) is 17.9. The molecule has 0 aliphatic carbocycles. The van der Waals surface area contributed by atoms with Gasteiger partial charge >= 0.3 is 0 Å². The van der Waals surface area contributed by atoms with Gasteiger partial charge in [-0.1, -0.05) is 23.7 Å². The lowest BCUT2D eigenvalue weighted by Crippen LogP contribution is -2.28. The average molecular weight is 372 g/mol. The summed E-state index contributed by atoms with van der Waals surface area (Å²) in [6.45, 7) is 1.71. The molecule has 26 heavy (non-hydrogen) atoms. The molecule has 0 aromatic heterocycles. The van der Waals surface area contributed by atoms with Crippen molar-refractivity contribution < 1.29 is 14.4 Å². The summed E-state index contributed by atoms with van der Waals surface area (Å²) in [4.78, 5) is 37.6. The monoisotopic (exact) mass is 371 g/mol. The molecule has 1 fully saturated rings. The SMILES string of the molecule is CC(=O)Nc1cccc(N2C[C@@H](C(=O)Nc3cccc(Cl)c3)CC2=O)c1. The topological polar surface area (TPSA) is 78.5 Å². The quantitative estimate of drug-likeness (QED) is 0.865. The summed E-state index contributed by atoms with van der Waals surface area (Å²) in [6, 6.07) is 13.9. The van der Waals surface area contributed by atoms with Crippen molar-refractivity contribution in [3.63, 3.8) is 0 Å². The normalized spacial score (nSPS) is 16.5. The third kappa shape index (κ3) is 4.21. The minimum Gasteiger partial charge on any atom is -0.326 e. The largest absolute Gasteiger partial charge is 0.326 e. The highest BCUT2D eigenvalue weighted by Gasteiger charge is 2.35. The van der Waals surface area contributed by atoms with Gasteiger partial charge in [0.25, 0.3) is 0 Å². The molecule has 1 aliphatic rings. The summed E-state index contributed by atoms with van der Waals surface area (Å²) < 4.78 is 0. The fraction of sp³-hybridized carbons (Fsp3) is 0.211. The average Bonchev–Trinajstić information content (AvgIpc) is 2.96. The fourth-order valence-electron chi connectivity index (χ4n) is 2.90. The molecule has 2 aromatic carbocycles. The van der Waals surface area contributed by atoms with Gasteiger partial charge in [0, 0.05) is 42.0 Å². The van der Waals surface area contributed by atoms with Gasteiger partial charge in [-0.2, -0.15) is 0 Å². The van der Waals surface area contributed by atoms with Crippen molar-refractivity contribution >= 4 is 46.4 Å². The highest BCUT2D eigenvalue weighted by Crippen LogP contribution is 2.28. The Morgan fingerprint density at radius 1 is 1.08 bits per heavy atom. The Morgan fingerprint density at radius 3 is 2.46 bits per heavy atom. The molecule has 134 valence electrons. The van der Waals surface area contributed by atoms with Crippen LogP contribution in [0.15, 0.2) is 48.5 Å². The van der Waals surface area contributed by atoms with Crippen molar-refractivity contribution in [2.24, 2.45) is 5.92 Å². The molecule has 0 saturated carbocycles. The van der Waals surface area contributed by atoms with Gasteiger partial charge in [0.2, 0.25) is 17.7 Å². The third-order valence-electron chi connectivity index (χ3n) is 4.07. The molecule has 6 nitrogen and oxygen atoms in total. The predicted molar refractivity (Wildman–Crippen MR) is 101 cm³/mol. The second-order valence-electron chi connectivity index (χ2n) is 6.14. The number of nitrogens with one attached hydrogen (secondary N) is 2. The highest BCUT2D eigenvalue weighted by atomic mass is 35.5.